The van der Waals surface area contributed by atoms with Gasteiger partial charge in [-0.2, -0.15) is 0 Å². The van der Waals surface area contributed by atoms with Crippen molar-refractivity contribution in [2.45, 2.75) is 31.6 Å². The molecule has 0 fully saturated rings. The molecule has 4 aromatic rings. The van der Waals surface area contributed by atoms with E-state index < -0.39 is 0 Å². The zero-order chi connectivity index (χ0) is 17.5. The van der Waals surface area contributed by atoms with Gasteiger partial charge in [0.2, 0.25) is 0 Å². The van der Waals surface area contributed by atoms with Crippen molar-refractivity contribution in [3.05, 3.63) is 95.3 Å². The van der Waals surface area contributed by atoms with Gasteiger partial charge in [-0.1, -0.05) is 66.7 Å². The van der Waals surface area contributed by atoms with E-state index in [-0.39, 0.29) is 5.82 Å². The summed E-state index contributed by atoms with van der Waals surface area (Å²) in [4.78, 5) is 0. The quantitative estimate of drug-likeness (QED) is 0.352. The summed E-state index contributed by atoms with van der Waals surface area (Å²) < 4.78 is 14.1. The van der Waals surface area contributed by atoms with Crippen LogP contribution in [0, 0.1) is 5.82 Å². The Balaban J connectivity index is 1.64. The fraction of sp³-hybridized carbons (Fsp3) is 0.200. The molecular weight excluding hydrogens is 319 g/mol. The van der Waals surface area contributed by atoms with Crippen molar-refractivity contribution in [3.63, 3.8) is 0 Å². The normalized spacial score (nSPS) is 16.7. The summed E-state index contributed by atoms with van der Waals surface area (Å²) >= 11 is 0. The fourth-order valence-electron chi connectivity index (χ4n) is 4.65. The molecule has 1 aliphatic carbocycles. The van der Waals surface area contributed by atoms with Gasteiger partial charge in [0.15, 0.2) is 0 Å². The molecule has 0 aliphatic heterocycles. The van der Waals surface area contributed by atoms with Crippen LogP contribution >= 0.6 is 0 Å². The first-order valence-electron chi connectivity index (χ1n) is 9.48. The van der Waals surface area contributed by atoms with Crippen molar-refractivity contribution in [2.75, 3.05) is 0 Å². The van der Waals surface area contributed by atoms with Gasteiger partial charge in [-0.15, -0.1) is 0 Å². The minimum Gasteiger partial charge on any atom is -0.207 e. The van der Waals surface area contributed by atoms with Crippen molar-refractivity contribution in [1.82, 2.24) is 0 Å². The lowest BCUT2D eigenvalue weighted by molar-refractivity contribution is 0.533. The molecule has 0 N–H and O–H groups in total. The largest absolute Gasteiger partial charge is 0.207 e. The minimum absolute atomic E-state index is 0.0774. The Morgan fingerprint density at radius 1 is 0.769 bits per heavy atom. The molecule has 0 saturated heterocycles. The van der Waals surface area contributed by atoms with Gasteiger partial charge in [0, 0.05) is 0 Å². The summed E-state index contributed by atoms with van der Waals surface area (Å²) in [6.07, 6.45) is 4.23. The molecule has 0 aromatic heterocycles. The van der Waals surface area contributed by atoms with E-state index in [4.69, 9.17) is 0 Å². The van der Waals surface area contributed by atoms with Crippen LogP contribution in [-0.2, 0) is 12.8 Å². The lowest BCUT2D eigenvalue weighted by Gasteiger charge is -2.27. The molecular formula is C25H21F. The maximum Gasteiger partial charge on any atom is 0.126 e. The van der Waals surface area contributed by atoms with Crippen LogP contribution in [0.15, 0.2) is 72.8 Å². The second-order valence-electron chi connectivity index (χ2n) is 7.40. The van der Waals surface area contributed by atoms with Crippen molar-refractivity contribution in [1.29, 1.82) is 0 Å². The smallest absolute Gasteiger partial charge is 0.126 e. The van der Waals surface area contributed by atoms with E-state index in [2.05, 4.69) is 48.5 Å². The SMILES string of the molecule is Fc1ccccc1CC1CCCc2c1ccc1c2ccc2ccccc21. The van der Waals surface area contributed by atoms with Crippen LogP contribution in [0.4, 0.5) is 4.39 Å². The Bertz CT molecular complexity index is 1110. The Morgan fingerprint density at radius 3 is 2.50 bits per heavy atom. The first-order chi connectivity index (χ1) is 12.8. The average molecular weight is 340 g/mol. The first kappa shape index (κ1) is 15.6. The molecule has 4 aromatic carbocycles. The van der Waals surface area contributed by atoms with Crippen LogP contribution in [0.1, 0.15) is 35.4 Å². The van der Waals surface area contributed by atoms with Crippen LogP contribution in [0.5, 0.6) is 0 Å². The molecule has 0 bridgehead atoms. The molecule has 0 spiro atoms. The van der Waals surface area contributed by atoms with Gasteiger partial charge in [-0.05, 0) is 75.9 Å². The number of fused-ring (bicyclic) bond motifs is 5. The van der Waals surface area contributed by atoms with E-state index in [0.717, 1.165) is 24.8 Å². The highest BCUT2D eigenvalue weighted by Gasteiger charge is 2.23. The lowest BCUT2D eigenvalue weighted by atomic mass is 9.77. The highest BCUT2D eigenvalue weighted by atomic mass is 19.1. The summed E-state index contributed by atoms with van der Waals surface area (Å²) in [6, 6.07) is 24.9. The number of halogens is 1. The molecule has 128 valence electrons. The standard InChI is InChI=1S/C25H21F/c26-25-11-4-2-7-19(25)16-18-8-5-10-22-21(18)14-15-23-20-9-3-1-6-17(20)12-13-24(22)23/h1-4,6-7,9,11-15,18H,5,8,10,16H2. The molecule has 0 saturated carbocycles. The molecule has 26 heavy (non-hydrogen) atoms. The summed E-state index contributed by atoms with van der Waals surface area (Å²) in [5.74, 6) is 0.331. The van der Waals surface area contributed by atoms with Crippen LogP contribution in [0.25, 0.3) is 21.5 Å². The number of hydrogen-bond donors (Lipinski definition) is 0. The third kappa shape index (κ3) is 2.50. The van der Waals surface area contributed by atoms with Crippen LogP contribution < -0.4 is 0 Å². The van der Waals surface area contributed by atoms with Gasteiger partial charge >= 0.3 is 0 Å². The van der Waals surface area contributed by atoms with Crippen molar-refractivity contribution in [3.8, 4) is 0 Å². The zero-order valence-corrected chi connectivity index (χ0v) is 14.7. The summed E-state index contributed by atoms with van der Waals surface area (Å²) in [7, 11) is 0. The highest BCUT2D eigenvalue weighted by molar-refractivity contribution is 6.08. The Hall–Kier alpha value is -2.67. The van der Waals surface area contributed by atoms with E-state index in [1.165, 1.54) is 39.1 Å². The molecule has 0 nitrogen and oxygen atoms in total. The lowest BCUT2D eigenvalue weighted by Crippen LogP contribution is -2.13. The van der Waals surface area contributed by atoms with Gasteiger partial charge in [0.1, 0.15) is 5.82 Å². The van der Waals surface area contributed by atoms with E-state index in [9.17, 15) is 4.39 Å². The first-order valence-corrected chi connectivity index (χ1v) is 9.48. The average Bonchev–Trinajstić information content (AvgIpc) is 2.69. The van der Waals surface area contributed by atoms with Gasteiger partial charge in [-0.25, -0.2) is 4.39 Å². The Labute approximate surface area is 153 Å². The van der Waals surface area contributed by atoms with Crippen LogP contribution in [0.2, 0.25) is 0 Å². The topological polar surface area (TPSA) is 0 Å². The third-order valence-electron chi connectivity index (χ3n) is 5.92. The Kier molecular flexibility index (Phi) is 3.74. The van der Waals surface area contributed by atoms with Crippen LogP contribution in [-0.4, -0.2) is 0 Å². The molecule has 1 unspecified atom stereocenters. The van der Waals surface area contributed by atoms with E-state index in [0.29, 0.717) is 5.92 Å². The maximum absolute atomic E-state index is 14.1. The molecule has 1 aliphatic rings. The second-order valence-corrected chi connectivity index (χ2v) is 7.40. The van der Waals surface area contributed by atoms with Crippen molar-refractivity contribution in [2.24, 2.45) is 0 Å². The predicted octanol–water partition coefficient (Wildman–Crippen LogP) is 6.79. The van der Waals surface area contributed by atoms with Crippen molar-refractivity contribution < 1.29 is 4.39 Å². The van der Waals surface area contributed by atoms with Gasteiger partial charge < -0.3 is 0 Å². The summed E-state index contributed by atoms with van der Waals surface area (Å²) in [5, 5.41) is 5.33. The second kappa shape index (κ2) is 6.25. The van der Waals surface area contributed by atoms with Gasteiger partial charge in [-0.3, -0.25) is 0 Å². The van der Waals surface area contributed by atoms with Crippen LogP contribution in [0.3, 0.4) is 0 Å². The molecule has 0 radical (unpaired) electrons. The Morgan fingerprint density at radius 2 is 1.58 bits per heavy atom. The molecule has 1 heteroatoms. The van der Waals surface area contributed by atoms with Gasteiger partial charge in [0.25, 0.3) is 0 Å². The molecule has 0 heterocycles. The maximum atomic E-state index is 14.1. The molecule has 0 amide bonds. The van der Waals surface area contributed by atoms with Crippen molar-refractivity contribution >= 4 is 21.5 Å². The number of rotatable bonds is 2. The summed E-state index contributed by atoms with van der Waals surface area (Å²) in [5.41, 5.74) is 3.73. The molecule has 5 rings (SSSR count). The highest BCUT2D eigenvalue weighted by Crippen LogP contribution is 2.39. The number of hydrogen-bond acceptors (Lipinski definition) is 0. The van der Waals surface area contributed by atoms with E-state index in [1.807, 2.05) is 12.1 Å². The number of benzene rings is 4. The van der Waals surface area contributed by atoms with E-state index in [1.54, 1.807) is 12.1 Å². The third-order valence-corrected chi connectivity index (χ3v) is 5.92. The summed E-state index contributed by atoms with van der Waals surface area (Å²) in [6.45, 7) is 0. The molecule has 1 atom stereocenters. The van der Waals surface area contributed by atoms with E-state index >= 15 is 0 Å². The number of aryl methyl sites for hydroxylation is 1. The predicted molar refractivity (Wildman–Crippen MR) is 107 cm³/mol. The van der Waals surface area contributed by atoms with Gasteiger partial charge in [0.05, 0.1) is 0 Å². The minimum atomic E-state index is -0.0774. The fourth-order valence-corrected chi connectivity index (χ4v) is 4.65. The zero-order valence-electron chi connectivity index (χ0n) is 14.7. The monoisotopic (exact) mass is 340 g/mol.